The number of nitrogens with zero attached hydrogens (tertiary/aromatic N) is 3. The number of hydrogen-bond acceptors (Lipinski definition) is 3. The number of amides is 2. The molecule has 0 aromatic heterocycles. The van der Waals surface area contributed by atoms with E-state index in [1.807, 2.05) is 35.2 Å². The number of rotatable bonds is 3. The molecule has 0 radical (unpaired) electrons. The lowest BCUT2D eigenvalue weighted by molar-refractivity contribution is -0.137. The first kappa shape index (κ1) is 16.6. The third kappa shape index (κ3) is 3.43. The van der Waals surface area contributed by atoms with Gasteiger partial charge in [-0.2, -0.15) is 0 Å². The van der Waals surface area contributed by atoms with E-state index in [0.29, 0.717) is 13.0 Å². The lowest BCUT2D eigenvalue weighted by Gasteiger charge is -2.38. The monoisotopic (exact) mass is 341 g/mol. The highest BCUT2D eigenvalue weighted by atomic mass is 16.2. The molecule has 134 valence electrons. The number of hydrogen-bond donors (Lipinski definition) is 0. The van der Waals surface area contributed by atoms with E-state index in [0.717, 1.165) is 37.9 Å². The second-order valence-corrected chi connectivity index (χ2v) is 7.54. The van der Waals surface area contributed by atoms with Gasteiger partial charge < -0.3 is 9.80 Å². The molecule has 3 fully saturated rings. The molecule has 1 saturated carbocycles. The zero-order valence-corrected chi connectivity index (χ0v) is 14.8. The van der Waals surface area contributed by atoms with E-state index >= 15 is 0 Å². The van der Waals surface area contributed by atoms with Crippen LogP contribution in [0.3, 0.4) is 0 Å². The van der Waals surface area contributed by atoms with E-state index in [1.165, 1.54) is 25.7 Å². The predicted molar refractivity (Wildman–Crippen MR) is 97.3 cm³/mol. The van der Waals surface area contributed by atoms with Gasteiger partial charge in [-0.1, -0.05) is 31.0 Å². The van der Waals surface area contributed by atoms with Crippen LogP contribution in [-0.4, -0.2) is 60.4 Å². The molecule has 2 amide bonds. The van der Waals surface area contributed by atoms with Crippen molar-refractivity contribution in [1.29, 1.82) is 0 Å². The fraction of sp³-hybridized carbons (Fsp3) is 0.600. The molecule has 2 saturated heterocycles. The molecule has 25 heavy (non-hydrogen) atoms. The minimum absolute atomic E-state index is 0.0640. The standard InChI is InChI=1S/C20H27N3O2/c24-19-14-16(15-23(19)18-8-2-1-3-9-18)20(25)22-12-10-21(11-13-22)17-6-4-5-7-17/h1-3,8-9,16-17H,4-7,10-15H2/t16-/m1/s1. The van der Waals surface area contributed by atoms with Gasteiger partial charge in [-0.15, -0.1) is 0 Å². The molecular weight excluding hydrogens is 314 g/mol. The summed E-state index contributed by atoms with van der Waals surface area (Å²) in [4.78, 5) is 31.5. The van der Waals surface area contributed by atoms with Crippen LogP contribution < -0.4 is 4.90 Å². The Hall–Kier alpha value is -1.88. The zero-order valence-electron chi connectivity index (χ0n) is 14.8. The van der Waals surface area contributed by atoms with E-state index < -0.39 is 0 Å². The van der Waals surface area contributed by atoms with Crippen LogP contribution in [0.5, 0.6) is 0 Å². The molecule has 3 aliphatic rings. The molecule has 1 aromatic carbocycles. The van der Waals surface area contributed by atoms with E-state index in [4.69, 9.17) is 0 Å². The molecule has 0 spiro atoms. The van der Waals surface area contributed by atoms with Crippen LogP contribution in [-0.2, 0) is 9.59 Å². The quantitative estimate of drug-likeness (QED) is 0.846. The number of benzene rings is 1. The lowest BCUT2D eigenvalue weighted by atomic mass is 10.1. The average molecular weight is 341 g/mol. The highest BCUT2D eigenvalue weighted by molar-refractivity contribution is 6.00. The van der Waals surface area contributed by atoms with Gasteiger partial charge in [0, 0.05) is 50.9 Å². The zero-order chi connectivity index (χ0) is 17.2. The number of anilines is 1. The smallest absolute Gasteiger partial charge is 0.228 e. The Morgan fingerprint density at radius 3 is 2.32 bits per heavy atom. The fourth-order valence-corrected chi connectivity index (χ4v) is 4.57. The first-order chi connectivity index (χ1) is 12.2. The average Bonchev–Trinajstić information content (AvgIpc) is 3.32. The number of para-hydroxylation sites is 1. The van der Waals surface area contributed by atoms with Crippen LogP contribution in [0.1, 0.15) is 32.1 Å². The SMILES string of the molecule is O=C([C@@H]1CC(=O)N(c2ccccc2)C1)N1CCN(C2CCCC2)CC1. The lowest BCUT2D eigenvalue weighted by Crippen LogP contribution is -2.52. The molecule has 5 nitrogen and oxygen atoms in total. The van der Waals surface area contributed by atoms with Crippen LogP contribution in [0, 0.1) is 5.92 Å². The topological polar surface area (TPSA) is 43.9 Å². The summed E-state index contributed by atoms with van der Waals surface area (Å²) in [5.41, 5.74) is 0.897. The molecule has 1 aromatic rings. The molecule has 2 aliphatic heterocycles. The maximum absolute atomic E-state index is 12.9. The third-order valence-corrected chi connectivity index (χ3v) is 6.01. The number of carbonyl (C=O) groups excluding carboxylic acids is 2. The van der Waals surface area contributed by atoms with E-state index in [-0.39, 0.29) is 17.7 Å². The maximum Gasteiger partial charge on any atom is 0.228 e. The molecule has 0 bridgehead atoms. The largest absolute Gasteiger partial charge is 0.340 e. The van der Waals surface area contributed by atoms with Gasteiger partial charge in [0.1, 0.15) is 0 Å². The molecule has 2 heterocycles. The Labute approximate surface area is 149 Å². The molecule has 4 rings (SSSR count). The maximum atomic E-state index is 12.9. The summed E-state index contributed by atoms with van der Waals surface area (Å²) in [5.74, 6) is 0.0396. The molecule has 5 heteroatoms. The van der Waals surface area contributed by atoms with E-state index in [1.54, 1.807) is 4.90 Å². The number of piperazine rings is 1. The molecular formula is C20H27N3O2. The van der Waals surface area contributed by atoms with Crippen LogP contribution in [0.4, 0.5) is 5.69 Å². The van der Waals surface area contributed by atoms with Gasteiger partial charge in [0.15, 0.2) is 0 Å². The van der Waals surface area contributed by atoms with Crippen molar-refractivity contribution in [3.8, 4) is 0 Å². The third-order valence-electron chi connectivity index (χ3n) is 6.01. The van der Waals surface area contributed by atoms with Crippen LogP contribution in [0.15, 0.2) is 30.3 Å². The number of carbonyl (C=O) groups is 2. The van der Waals surface area contributed by atoms with Crippen LogP contribution in [0.2, 0.25) is 0 Å². The summed E-state index contributed by atoms with van der Waals surface area (Å²) >= 11 is 0. The molecule has 1 atom stereocenters. The van der Waals surface area contributed by atoms with Crippen molar-refractivity contribution in [2.45, 2.75) is 38.1 Å². The Morgan fingerprint density at radius 1 is 0.960 bits per heavy atom. The Bertz CT molecular complexity index is 619. The Morgan fingerprint density at radius 2 is 1.64 bits per heavy atom. The van der Waals surface area contributed by atoms with E-state index in [2.05, 4.69) is 4.90 Å². The van der Waals surface area contributed by atoms with Gasteiger partial charge in [-0.3, -0.25) is 14.5 Å². The predicted octanol–water partition coefficient (Wildman–Crippen LogP) is 2.13. The van der Waals surface area contributed by atoms with Crippen molar-refractivity contribution in [2.24, 2.45) is 5.92 Å². The van der Waals surface area contributed by atoms with Crippen molar-refractivity contribution in [3.05, 3.63) is 30.3 Å². The highest BCUT2D eigenvalue weighted by Gasteiger charge is 2.38. The van der Waals surface area contributed by atoms with Gasteiger partial charge in [0.2, 0.25) is 11.8 Å². The summed E-state index contributed by atoms with van der Waals surface area (Å²) in [6.45, 7) is 4.11. The summed E-state index contributed by atoms with van der Waals surface area (Å²) in [5, 5.41) is 0. The molecule has 1 aliphatic carbocycles. The van der Waals surface area contributed by atoms with Crippen molar-refractivity contribution < 1.29 is 9.59 Å². The minimum atomic E-state index is -0.189. The van der Waals surface area contributed by atoms with Gasteiger partial charge in [-0.25, -0.2) is 0 Å². The van der Waals surface area contributed by atoms with Gasteiger partial charge >= 0.3 is 0 Å². The van der Waals surface area contributed by atoms with Gasteiger partial charge in [-0.05, 0) is 25.0 Å². The Balaban J connectivity index is 1.34. The normalized spacial score (nSPS) is 25.8. The fourth-order valence-electron chi connectivity index (χ4n) is 4.57. The first-order valence-electron chi connectivity index (χ1n) is 9.60. The van der Waals surface area contributed by atoms with Crippen LogP contribution >= 0.6 is 0 Å². The molecule has 0 N–H and O–H groups in total. The van der Waals surface area contributed by atoms with E-state index in [9.17, 15) is 9.59 Å². The van der Waals surface area contributed by atoms with Crippen molar-refractivity contribution in [2.75, 3.05) is 37.6 Å². The first-order valence-corrected chi connectivity index (χ1v) is 9.60. The van der Waals surface area contributed by atoms with Gasteiger partial charge in [0.25, 0.3) is 0 Å². The highest BCUT2D eigenvalue weighted by Crippen LogP contribution is 2.28. The Kier molecular flexibility index (Phi) is 4.75. The van der Waals surface area contributed by atoms with Crippen molar-refractivity contribution in [1.82, 2.24) is 9.80 Å². The summed E-state index contributed by atoms with van der Waals surface area (Å²) in [6.07, 6.45) is 5.68. The minimum Gasteiger partial charge on any atom is -0.340 e. The molecule has 0 unspecified atom stereocenters. The van der Waals surface area contributed by atoms with Crippen molar-refractivity contribution in [3.63, 3.8) is 0 Å². The van der Waals surface area contributed by atoms with Crippen molar-refractivity contribution >= 4 is 17.5 Å². The van der Waals surface area contributed by atoms with Crippen LogP contribution in [0.25, 0.3) is 0 Å². The summed E-state index contributed by atoms with van der Waals surface area (Å²) < 4.78 is 0. The summed E-state index contributed by atoms with van der Waals surface area (Å²) in [6, 6.07) is 10.4. The summed E-state index contributed by atoms with van der Waals surface area (Å²) in [7, 11) is 0. The second-order valence-electron chi connectivity index (χ2n) is 7.54. The second kappa shape index (κ2) is 7.16. The van der Waals surface area contributed by atoms with Gasteiger partial charge in [0.05, 0.1) is 5.92 Å².